The minimum atomic E-state index is -0.209. The third-order valence-electron chi connectivity index (χ3n) is 3.76. The number of benzene rings is 2. The van der Waals surface area contributed by atoms with E-state index in [1.165, 1.54) is 11.3 Å². The zero-order valence-electron chi connectivity index (χ0n) is 12.8. The van der Waals surface area contributed by atoms with Crippen LogP contribution in [0.25, 0.3) is 31.5 Å². The molecule has 0 fully saturated rings. The van der Waals surface area contributed by atoms with Gasteiger partial charge in [0, 0.05) is 5.56 Å². The molecule has 1 amide bonds. The zero-order valence-corrected chi connectivity index (χ0v) is 15.3. The fourth-order valence-corrected chi connectivity index (χ4v) is 5.00. The van der Waals surface area contributed by atoms with E-state index in [2.05, 4.69) is 24.0 Å². The lowest BCUT2D eigenvalue weighted by molar-refractivity contribution is 0.102. The Morgan fingerprint density at radius 3 is 2.76 bits per heavy atom. The Labute approximate surface area is 153 Å². The molecule has 9 heteroatoms. The number of amides is 1. The van der Waals surface area contributed by atoms with Crippen LogP contribution in [0.2, 0.25) is 0 Å². The van der Waals surface area contributed by atoms with Crippen molar-refractivity contribution in [3.8, 4) is 0 Å². The van der Waals surface area contributed by atoms with Crippen LogP contribution >= 0.6 is 34.4 Å². The number of rotatable bonds is 2. The number of aryl methyl sites for hydroxylation is 1. The van der Waals surface area contributed by atoms with E-state index in [1.807, 2.05) is 19.1 Å². The Morgan fingerprint density at radius 2 is 1.84 bits per heavy atom. The van der Waals surface area contributed by atoms with Gasteiger partial charge in [0.15, 0.2) is 5.13 Å². The molecular formula is C16H9N5OS3. The molecule has 5 aromatic rings. The van der Waals surface area contributed by atoms with Gasteiger partial charge in [0.05, 0.1) is 31.7 Å². The number of fused-ring (bicyclic) bond motifs is 4. The number of thiazole rings is 2. The van der Waals surface area contributed by atoms with Crippen molar-refractivity contribution < 1.29 is 4.79 Å². The summed E-state index contributed by atoms with van der Waals surface area (Å²) >= 11 is 4.24. The smallest absolute Gasteiger partial charge is 0.257 e. The van der Waals surface area contributed by atoms with Crippen LogP contribution in [-0.2, 0) is 0 Å². The summed E-state index contributed by atoms with van der Waals surface area (Å²) in [6.45, 7) is 1.99. The highest BCUT2D eigenvalue weighted by atomic mass is 32.1. The maximum atomic E-state index is 12.5. The highest BCUT2D eigenvalue weighted by Gasteiger charge is 2.14. The van der Waals surface area contributed by atoms with Crippen LogP contribution in [0, 0.1) is 6.92 Å². The number of hydrogen-bond acceptors (Lipinski definition) is 8. The van der Waals surface area contributed by atoms with Gasteiger partial charge in [-0.05, 0) is 37.3 Å². The number of carbonyl (C=O) groups excluding carboxylic acids is 1. The summed E-state index contributed by atoms with van der Waals surface area (Å²) in [5.41, 5.74) is 3.85. The summed E-state index contributed by atoms with van der Waals surface area (Å²) in [5, 5.41) is 4.46. The van der Waals surface area contributed by atoms with Gasteiger partial charge >= 0.3 is 0 Å². The normalized spacial score (nSPS) is 11.6. The van der Waals surface area contributed by atoms with E-state index in [9.17, 15) is 4.79 Å². The molecule has 0 aliphatic rings. The van der Waals surface area contributed by atoms with Crippen molar-refractivity contribution in [3.05, 3.63) is 40.9 Å². The number of aromatic nitrogens is 4. The first-order valence-corrected chi connectivity index (χ1v) is 9.74. The summed E-state index contributed by atoms with van der Waals surface area (Å²) in [6, 6.07) is 9.27. The second-order valence-electron chi connectivity index (χ2n) is 5.43. The van der Waals surface area contributed by atoms with E-state index in [1.54, 1.807) is 29.5 Å². The van der Waals surface area contributed by atoms with Crippen molar-refractivity contribution in [2.75, 3.05) is 5.32 Å². The molecule has 1 N–H and O–H groups in total. The number of anilines is 1. The van der Waals surface area contributed by atoms with Gasteiger partial charge in [-0.25, -0.2) is 9.97 Å². The maximum Gasteiger partial charge on any atom is 0.257 e. The fourth-order valence-electron chi connectivity index (χ4n) is 2.63. The van der Waals surface area contributed by atoms with Crippen LogP contribution < -0.4 is 5.32 Å². The Hall–Kier alpha value is -2.49. The van der Waals surface area contributed by atoms with Gasteiger partial charge in [0.1, 0.15) is 16.6 Å². The van der Waals surface area contributed by atoms with Gasteiger partial charge in [0.2, 0.25) is 0 Å². The van der Waals surface area contributed by atoms with Crippen molar-refractivity contribution in [2.45, 2.75) is 6.92 Å². The van der Waals surface area contributed by atoms with Crippen molar-refractivity contribution >= 4 is 76.9 Å². The van der Waals surface area contributed by atoms with Gasteiger partial charge in [-0.1, -0.05) is 11.3 Å². The Morgan fingerprint density at radius 1 is 1.00 bits per heavy atom. The van der Waals surface area contributed by atoms with E-state index >= 15 is 0 Å². The van der Waals surface area contributed by atoms with Crippen LogP contribution in [-0.4, -0.2) is 24.6 Å². The van der Waals surface area contributed by atoms with Crippen LogP contribution in [0.4, 0.5) is 5.13 Å². The second-order valence-corrected chi connectivity index (χ2v) is 8.20. The van der Waals surface area contributed by atoms with Gasteiger partial charge in [-0.2, -0.15) is 8.75 Å². The van der Waals surface area contributed by atoms with Crippen LogP contribution in [0.1, 0.15) is 15.4 Å². The molecular weight excluding hydrogens is 374 g/mol. The van der Waals surface area contributed by atoms with Gasteiger partial charge in [-0.15, -0.1) is 11.3 Å². The van der Waals surface area contributed by atoms with Crippen molar-refractivity contribution in [3.63, 3.8) is 0 Å². The predicted octanol–water partition coefficient (Wildman–Crippen LogP) is 4.47. The summed E-state index contributed by atoms with van der Waals surface area (Å²) in [4.78, 5) is 21.6. The summed E-state index contributed by atoms with van der Waals surface area (Å²) in [7, 11) is 0. The lowest BCUT2D eigenvalue weighted by Gasteiger charge is -2.00. The molecule has 122 valence electrons. The number of nitrogens with one attached hydrogen (secondary N) is 1. The Balaban J connectivity index is 1.52. The van der Waals surface area contributed by atoms with E-state index in [0.717, 1.165) is 48.2 Å². The van der Waals surface area contributed by atoms with Crippen molar-refractivity contribution in [2.24, 2.45) is 0 Å². The van der Waals surface area contributed by atoms with Crippen LogP contribution in [0.3, 0.4) is 0 Å². The highest BCUT2D eigenvalue weighted by Crippen LogP contribution is 2.34. The Kier molecular flexibility index (Phi) is 3.27. The third-order valence-corrected chi connectivity index (χ3v) is 6.24. The van der Waals surface area contributed by atoms with Crippen molar-refractivity contribution in [1.82, 2.24) is 18.7 Å². The minimum absolute atomic E-state index is 0.209. The molecule has 0 spiro atoms. The monoisotopic (exact) mass is 383 g/mol. The SMILES string of the molecule is Cc1nc2c(ccc3nc(NC(=O)c4ccc5nsnc5c4)sc32)s1. The summed E-state index contributed by atoms with van der Waals surface area (Å²) < 4.78 is 10.4. The molecule has 3 aromatic heterocycles. The minimum Gasteiger partial charge on any atom is -0.298 e. The second kappa shape index (κ2) is 5.51. The first-order chi connectivity index (χ1) is 12.2. The highest BCUT2D eigenvalue weighted by molar-refractivity contribution is 7.24. The zero-order chi connectivity index (χ0) is 17.0. The first-order valence-electron chi connectivity index (χ1n) is 7.38. The lowest BCUT2D eigenvalue weighted by Crippen LogP contribution is -2.11. The van der Waals surface area contributed by atoms with Gasteiger partial charge < -0.3 is 0 Å². The van der Waals surface area contributed by atoms with E-state index < -0.39 is 0 Å². The maximum absolute atomic E-state index is 12.5. The fraction of sp³-hybridized carbons (Fsp3) is 0.0625. The molecule has 0 radical (unpaired) electrons. The number of nitrogens with zero attached hydrogens (tertiary/aromatic N) is 4. The van der Waals surface area contributed by atoms with Crippen molar-refractivity contribution in [1.29, 1.82) is 0 Å². The molecule has 2 aromatic carbocycles. The third kappa shape index (κ3) is 2.48. The average Bonchev–Trinajstić information content (AvgIpc) is 3.29. The Bertz CT molecular complexity index is 1270. The van der Waals surface area contributed by atoms with E-state index in [4.69, 9.17) is 0 Å². The largest absolute Gasteiger partial charge is 0.298 e. The summed E-state index contributed by atoms with van der Waals surface area (Å²) in [5.74, 6) is -0.209. The molecule has 3 heterocycles. The molecule has 0 atom stereocenters. The van der Waals surface area contributed by atoms with Gasteiger partial charge in [-0.3, -0.25) is 10.1 Å². The lowest BCUT2D eigenvalue weighted by atomic mass is 10.2. The van der Waals surface area contributed by atoms with Gasteiger partial charge in [0.25, 0.3) is 5.91 Å². The predicted molar refractivity (Wildman–Crippen MR) is 103 cm³/mol. The summed E-state index contributed by atoms with van der Waals surface area (Å²) in [6.07, 6.45) is 0. The molecule has 6 nitrogen and oxygen atoms in total. The number of hydrogen-bond donors (Lipinski definition) is 1. The first kappa shape index (κ1) is 14.8. The molecule has 0 aliphatic heterocycles. The molecule has 25 heavy (non-hydrogen) atoms. The van der Waals surface area contributed by atoms with E-state index in [-0.39, 0.29) is 5.91 Å². The molecule has 0 saturated heterocycles. The quantitative estimate of drug-likeness (QED) is 0.486. The molecule has 0 unspecified atom stereocenters. The van der Waals surface area contributed by atoms with Crippen LogP contribution in [0.5, 0.6) is 0 Å². The molecule has 5 rings (SSSR count). The average molecular weight is 383 g/mol. The van der Waals surface area contributed by atoms with Crippen LogP contribution in [0.15, 0.2) is 30.3 Å². The topological polar surface area (TPSA) is 80.7 Å². The number of carbonyl (C=O) groups is 1. The molecule has 0 aliphatic carbocycles. The van der Waals surface area contributed by atoms with E-state index in [0.29, 0.717) is 10.7 Å². The standard InChI is InChI=1S/C16H9N5OS3/c1-7-17-13-12(23-7)5-4-10-14(13)24-16(18-10)19-15(22)8-2-3-9-11(6-8)21-25-20-9/h2-6H,1H3,(H,18,19,22). The molecule has 0 saturated carbocycles. The molecule has 0 bridgehead atoms.